The van der Waals surface area contributed by atoms with Crippen molar-refractivity contribution in [3.05, 3.63) is 35.8 Å². The van der Waals surface area contributed by atoms with Crippen LogP contribution in [0.3, 0.4) is 0 Å². The van der Waals surface area contributed by atoms with E-state index in [0.29, 0.717) is 12.5 Å². The topological polar surface area (TPSA) is 45.7 Å². The highest BCUT2D eigenvalue weighted by molar-refractivity contribution is 7.14. The third-order valence-corrected chi connectivity index (χ3v) is 6.52. The zero-order valence-corrected chi connectivity index (χ0v) is 14.2. The summed E-state index contributed by atoms with van der Waals surface area (Å²) in [6, 6.07) is 7.93. The van der Waals surface area contributed by atoms with Gasteiger partial charge in [-0.3, -0.25) is 14.8 Å². The average Bonchev–Trinajstić information content (AvgIpc) is 3.22. The minimum atomic E-state index is -0.303. The SMILES string of the molecule is O=C1O[C@]2(CN3CCC2CC3)CN1c1cc(-c2ccccn2)cs1. The minimum absolute atomic E-state index is 0.196. The van der Waals surface area contributed by atoms with Crippen molar-refractivity contribution in [1.82, 2.24) is 9.88 Å². The number of ether oxygens (including phenoxy) is 1. The number of pyridine rings is 1. The Kier molecular flexibility index (Phi) is 3.18. The Morgan fingerprint density at radius 3 is 2.83 bits per heavy atom. The molecule has 0 aliphatic carbocycles. The molecule has 2 aromatic rings. The molecule has 1 spiro atoms. The molecule has 6 heteroatoms. The van der Waals surface area contributed by atoms with Crippen LogP contribution in [0.5, 0.6) is 0 Å². The van der Waals surface area contributed by atoms with E-state index >= 15 is 0 Å². The Hall–Kier alpha value is -1.92. The van der Waals surface area contributed by atoms with E-state index in [0.717, 1.165) is 48.7 Å². The fraction of sp³-hybridized carbons (Fsp3) is 0.444. The van der Waals surface area contributed by atoms with E-state index in [9.17, 15) is 4.79 Å². The Labute approximate surface area is 144 Å². The molecule has 4 fully saturated rings. The van der Waals surface area contributed by atoms with Crippen LogP contribution in [0.15, 0.2) is 35.8 Å². The van der Waals surface area contributed by atoms with E-state index in [1.165, 1.54) is 0 Å². The van der Waals surface area contributed by atoms with Crippen molar-refractivity contribution in [1.29, 1.82) is 0 Å². The number of carbonyl (C=O) groups excluding carboxylic acids is 1. The number of nitrogens with zero attached hydrogens (tertiary/aromatic N) is 3. The van der Waals surface area contributed by atoms with Gasteiger partial charge in [-0.25, -0.2) is 4.79 Å². The molecule has 4 saturated heterocycles. The first-order chi connectivity index (χ1) is 11.7. The van der Waals surface area contributed by atoms with Crippen molar-refractivity contribution in [2.24, 2.45) is 5.92 Å². The van der Waals surface area contributed by atoms with E-state index in [1.54, 1.807) is 17.5 Å². The summed E-state index contributed by atoms with van der Waals surface area (Å²) >= 11 is 1.58. The van der Waals surface area contributed by atoms with Crippen LogP contribution >= 0.6 is 11.3 Å². The summed E-state index contributed by atoms with van der Waals surface area (Å²) in [5.74, 6) is 0.506. The first-order valence-corrected chi connectivity index (χ1v) is 9.34. The highest BCUT2D eigenvalue weighted by Crippen LogP contribution is 2.44. The molecule has 0 unspecified atom stereocenters. The molecular weight excluding hydrogens is 322 g/mol. The second-order valence-corrected chi connectivity index (χ2v) is 7.85. The van der Waals surface area contributed by atoms with Crippen molar-refractivity contribution >= 4 is 22.4 Å². The Balaban J connectivity index is 1.42. The van der Waals surface area contributed by atoms with Crippen LogP contribution in [0.25, 0.3) is 11.3 Å². The molecule has 0 N–H and O–H groups in total. The van der Waals surface area contributed by atoms with Crippen molar-refractivity contribution in [2.45, 2.75) is 18.4 Å². The van der Waals surface area contributed by atoms with Crippen molar-refractivity contribution in [3.8, 4) is 11.3 Å². The number of fused-ring (bicyclic) bond motifs is 2. The second-order valence-electron chi connectivity index (χ2n) is 6.96. The summed E-state index contributed by atoms with van der Waals surface area (Å²) in [7, 11) is 0. The lowest BCUT2D eigenvalue weighted by molar-refractivity contribution is -0.0881. The molecular formula is C18H19N3O2S. The molecule has 6 rings (SSSR count). The fourth-order valence-corrected chi connectivity index (χ4v) is 5.21. The van der Waals surface area contributed by atoms with Gasteiger partial charge in [-0.05, 0) is 44.1 Å². The van der Waals surface area contributed by atoms with E-state index in [2.05, 4.69) is 21.3 Å². The van der Waals surface area contributed by atoms with Crippen molar-refractivity contribution in [2.75, 3.05) is 31.1 Å². The van der Waals surface area contributed by atoms with Gasteiger partial charge >= 0.3 is 6.09 Å². The molecule has 0 saturated carbocycles. The van der Waals surface area contributed by atoms with E-state index in [-0.39, 0.29) is 11.7 Å². The number of rotatable bonds is 2. The lowest BCUT2D eigenvalue weighted by atomic mass is 9.75. The van der Waals surface area contributed by atoms with E-state index < -0.39 is 0 Å². The van der Waals surface area contributed by atoms with Gasteiger partial charge in [0.2, 0.25) is 0 Å². The van der Waals surface area contributed by atoms with Gasteiger partial charge < -0.3 is 4.74 Å². The number of carbonyl (C=O) groups is 1. The summed E-state index contributed by atoms with van der Waals surface area (Å²) in [4.78, 5) is 21.2. The maximum Gasteiger partial charge on any atom is 0.415 e. The van der Waals surface area contributed by atoms with E-state index in [4.69, 9.17) is 4.74 Å². The van der Waals surface area contributed by atoms with Gasteiger partial charge in [0.1, 0.15) is 10.6 Å². The van der Waals surface area contributed by atoms with Crippen LogP contribution in [0.1, 0.15) is 12.8 Å². The van der Waals surface area contributed by atoms with Crippen LogP contribution in [-0.4, -0.2) is 47.8 Å². The first-order valence-electron chi connectivity index (χ1n) is 8.46. The molecule has 1 atom stereocenters. The second kappa shape index (κ2) is 5.29. The molecule has 1 amide bonds. The third-order valence-electron chi connectivity index (χ3n) is 5.57. The standard InChI is InChI=1S/C18H19N3O2S/c22-17-21(12-18(23-17)11-20-7-4-14(18)5-8-20)16-9-13(10-24-16)15-3-1-2-6-19-15/h1-3,6,9-10,14H,4-5,7-8,11-12H2/t18-/m1/s1. The first kappa shape index (κ1) is 14.4. The lowest BCUT2D eigenvalue weighted by Gasteiger charge is -2.49. The molecule has 0 aromatic carbocycles. The number of hydrogen-bond acceptors (Lipinski definition) is 5. The Morgan fingerprint density at radius 2 is 2.12 bits per heavy atom. The monoisotopic (exact) mass is 341 g/mol. The highest BCUT2D eigenvalue weighted by Gasteiger charge is 2.55. The van der Waals surface area contributed by atoms with Gasteiger partial charge in [0, 0.05) is 29.6 Å². The quantitative estimate of drug-likeness (QED) is 0.841. The van der Waals surface area contributed by atoms with Crippen LogP contribution in [0, 0.1) is 5.92 Å². The molecule has 0 radical (unpaired) electrons. The zero-order valence-electron chi connectivity index (χ0n) is 13.4. The summed E-state index contributed by atoms with van der Waals surface area (Å²) in [6.07, 6.45) is 3.88. The normalized spacial score (nSPS) is 31.7. The van der Waals surface area contributed by atoms with Crippen LogP contribution in [0.4, 0.5) is 9.80 Å². The molecule has 4 aliphatic rings. The van der Waals surface area contributed by atoms with Gasteiger partial charge in [0.05, 0.1) is 12.2 Å². The maximum absolute atomic E-state index is 12.5. The molecule has 24 heavy (non-hydrogen) atoms. The van der Waals surface area contributed by atoms with Crippen LogP contribution in [-0.2, 0) is 4.74 Å². The van der Waals surface area contributed by atoms with Gasteiger partial charge in [0.25, 0.3) is 0 Å². The molecule has 124 valence electrons. The number of aromatic nitrogens is 1. The summed E-state index contributed by atoms with van der Waals surface area (Å²) in [6.45, 7) is 3.85. The van der Waals surface area contributed by atoms with Gasteiger partial charge in [-0.15, -0.1) is 11.3 Å². The van der Waals surface area contributed by atoms with Crippen LogP contribution < -0.4 is 4.90 Å². The smallest absolute Gasteiger partial charge is 0.415 e. The largest absolute Gasteiger partial charge is 0.439 e. The average molecular weight is 341 g/mol. The highest BCUT2D eigenvalue weighted by atomic mass is 32.1. The number of piperidine rings is 3. The fourth-order valence-electron chi connectivity index (χ4n) is 4.32. The predicted molar refractivity (Wildman–Crippen MR) is 93.3 cm³/mol. The lowest BCUT2D eigenvalue weighted by Crippen LogP contribution is -2.61. The Morgan fingerprint density at radius 1 is 1.25 bits per heavy atom. The Bertz CT molecular complexity index is 770. The third kappa shape index (κ3) is 2.17. The van der Waals surface area contributed by atoms with E-state index in [1.807, 2.05) is 23.1 Å². The van der Waals surface area contributed by atoms with Crippen molar-refractivity contribution < 1.29 is 9.53 Å². The molecule has 2 bridgehead atoms. The number of hydrogen-bond donors (Lipinski definition) is 0. The predicted octanol–water partition coefficient (Wildman–Crippen LogP) is 3.23. The maximum atomic E-state index is 12.5. The van der Waals surface area contributed by atoms with Gasteiger partial charge in [0.15, 0.2) is 0 Å². The molecule has 6 heterocycles. The van der Waals surface area contributed by atoms with Gasteiger partial charge in [-0.2, -0.15) is 0 Å². The number of amides is 1. The molecule has 2 aromatic heterocycles. The number of anilines is 1. The summed E-state index contributed by atoms with van der Waals surface area (Å²) in [5, 5.41) is 3.01. The summed E-state index contributed by atoms with van der Waals surface area (Å²) < 4.78 is 5.94. The zero-order chi connectivity index (χ0) is 16.1. The summed E-state index contributed by atoms with van der Waals surface area (Å²) in [5.41, 5.74) is 1.69. The molecule has 5 nitrogen and oxygen atoms in total. The van der Waals surface area contributed by atoms with Gasteiger partial charge in [-0.1, -0.05) is 6.07 Å². The number of thiophene rings is 1. The van der Waals surface area contributed by atoms with Crippen LogP contribution in [0.2, 0.25) is 0 Å². The molecule has 4 aliphatic heterocycles. The minimum Gasteiger partial charge on any atom is -0.439 e. The van der Waals surface area contributed by atoms with Crippen molar-refractivity contribution in [3.63, 3.8) is 0 Å².